The van der Waals surface area contributed by atoms with Crippen molar-refractivity contribution in [2.24, 2.45) is 0 Å². The Kier molecular flexibility index (Phi) is 4.43. The summed E-state index contributed by atoms with van der Waals surface area (Å²) >= 11 is 2.01. The van der Waals surface area contributed by atoms with E-state index in [0.717, 1.165) is 24.5 Å². The molecule has 0 atom stereocenters. The highest BCUT2D eigenvalue weighted by Gasteiger charge is 2.25. The number of hydrogen-bond donors (Lipinski definition) is 1. The van der Waals surface area contributed by atoms with Crippen LogP contribution in [-0.2, 0) is 6.42 Å². The van der Waals surface area contributed by atoms with Gasteiger partial charge in [0.05, 0.1) is 5.56 Å². The standard InChI is InChI=1S/C19H21N3OS/c23-19(22-10-7-14-3-1-2-4-17(14)22)15-5-6-18(20-13-15)21-16-8-11-24-12-9-16/h1-6,13,16H,7-12H2,(H,20,21). The summed E-state index contributed by atoms with van der Waals surface area (Å²) in [7, 11) is 0. The van der Waals surface area contributed by atoms with Crippen molar-refractivity contribution in [1.29, 1.82) is 0 Å². The van der Waals surface area contributed by atoms with Crippen LogP contribution < -0.4 is 10.2 Å². The van der Waals surface area contributed by atoms with Gasteiger partial charge in [-0.2, -0.15) is 11.8 Å². The van der Waals surface area contributed by atoms with Gasteiger partial charge in [-0.25, -0.2) is 4.98 Å². The second-order valence-corrected chi connectivity index (χ2v) is 7.52. The molecule has 24 heavy (non-hydrogen) atoms. The average molecular weight is 339 g/mol. The smallest absolute Gasteiger partial charge is 0.259 e. The van der Waals surface area contributed by atoms with Crippen molar-refractivity contribution in [2.45, 2.75) is 25.3 Å². The van der Waals surface area contributed by atoms with E-state index in [4.69, 9.17) is 0 Å². The van der Waals surface area contributed by atoms with Crippen molar-refractivity contribution in [2.75, 3.05) is 28.3 Å². The topological polar surface area (TPSA) is 45.2 Å². The van der Waals surface area contributed by atoms with Crippen LogP contribution in [0, 0.1) is 0 Å². The summed E-state index contributed by atoms with van der Waals surface area (Å²) in [6, 6.07) is 12.4. The number of carbonyl (C=O) groups excluding carboxylic acids is 1. The molecular formula is C19H21N3OS. The van der Waals surface area contributed by atoms with Gasteiger partial charge in [0, 0.05) is 24.5 Å². The molecule has 5 heteroatoms. The second kappa shape index (κ2) is 6.85. The van der Waals surface area contributed by atoms with Crippen LogP contribution in [0.25, 0.3) is 0 Å². The zero-order valence-corrected chi connectivity index (χ0v) is 14.4. The summed E-state index contributed by atoms with van der Waals surface area (Å²) in [5.41, 5.74) is 2.92. The molecule has 1 aromatic heterocycles. The third-order valence-electron chi connectivity index (χ3n) is 4.72. The molecular weight excluding hydrogens is 318 g/mol. The Morgan fingerprint density at radius 2 is 2.00 bits per heavy atom. The van der Waals surface area contributed by atoms with Crippen molar-refractivity contribution >= 4 is 29.2 Å². The fourth-order valence-electron chi connectivity index (χ4n) is 3.36. The third-order valence-corrected chi connectivity index (χ3v) is 5.76. The maximum absolute atomic E-state index is 12.8. The van der Waals surface area contributed by atoms with E-state index in [0.29, 0.717) is 11.6 Å². The van der Waals surface area contributed by atoms with E-state index < -0.39 is 0 Å². The van der Waals surface area contributed by atoms with Gasteiger partial charge in [0.1, 0.15) is 5.82 Å². The fourth-order valence-corrected chi connectivity index (χ4v) is 4.47. The third kappa shape index (κ3) is 3.13. The summed E-state index contributed by atoms with van der Waals surface area (Å²) in [5, 5.41) is 3.48. The minimum absolute atomic E-state index is 0.0352. The zero-order chi connectivity index (χ0) is 16.4. The maximum Gasteiger partial charge on any atom is 0.259 e. The minimum Gasteiger partial charge on any atom is -0.367 e. The molecule has 3 heterocycles. The van der Waals surface area contributed by atoms with Gasteiger partial charge in [0.15, 0.2) is 0 Å². The van der Waals surface area contributed by atoms with Crippen LogP contribution in [0.5, 0.6) is 0 Å². The summed E-state index contributed by atoms with van der Waals surface area (Å²) in [5.74, 6) is 3.32. The Balaban J connectivity index is 1.46. The Morgan fingerprint density at radius 1 is 1.17 bits per heavy atom. The van der Waals surface area contributed by atoms with E-state index in [9.17, 15) is 4.79 Å². The molecule has 1 N–H and O–H groups in total. The number of pyridine rings is 1. The molecule has 0 radical (unpaired) electrons. The molecule has 4 rings (SSSR count). The number of anilines is 2. The summed E-state index contributed by atoms with van der Waals surface area (Å²) in [4.78, 5) is 19.1. The number of para-hydroxylation sites is 1. The number of carbonyl (C=O) groups is 1. The highest BCUT2D eigenvalue weighted by Crippen LogP contribution is 2.29. The van der Waals surface area contributed by atoms with Crippen LogP contribution in [0.1, 0.15) is 28.8 Å². The maximum atomic E-state index is 12.8. The second-order valence-electron chi connectivity index (χ2n) is 6.30. The minimum atomic E-state index is 0.0352. The van der Waals surface area contributed by atoms with Crippen LogP contribution in [0.4, 0.5) is 11.5 Å². The molecule has 0 unspecified atom stereocenters. The van der Waals surface area contributed by atoms with Gasteiger partial charge in [-0.3, -0.25) is 4.79 Å². The number of nitrogens with zero attached hydrogens (tertiary/aromatic N) is 2. The molecule has 2 aliphatic rings. The molecule has 1 amide bonds. The molecule has 124 valence electrons. The summed E-state index contributed by atoms with van der Waals surface area (Å²) < 4.78 is 0. The van der Waals surface area contributed by atoms with Gasteiger partial charge in [-0.1, -0.05) is 18.2 Å². The number of fused-ring (bicyclic) bond motifs is 1. The summed E-state index contributed by atoms with van der Waals surface area (Å²) in [6.45, 7) is 0.748. The monoisotopic (exact) mass is 339 g/mol. The van der Waals surface area contributed by atoms with E-state index in [1.54, 1.807) is 6.20 Å². The number of amides is 1. The van der Waals surface area contributed by atoms with Crippen LogP contribution in [-0.4, -0.2) is 35.0 Å². The molecule has 2 aliphatic heterocycles. The number of rotatable bonds is 3. The lowest BCUT2D eigenvalue weighted by Gasteiger charge is -2.23. The molecule has 1 aromatic carbocycles. The lowest BCUT2D eigenvalue weighted by atomic mass is 10.1. The van der Waals surface area contributed by atoms with Gasteiger partial charge in [-0.05, 0) is 54.5 Å². The Morgan fingerprint density at radius 3 is 2.79 bits per heavy atom. The first-order valence-electron chi connectivity index (χ1n) is 8.51. The highest BCUT2D eigenvalue weighted by atomic mass is 32.2. The van der Waals surface area contributed by atoms with Crippen molar-refractivity contribution in [3.63, 3.8) is 0 Å². The van der Waals surface area contributed by atoms with Gasteiger partial charge < -0.3 is 10.2 Å². The molecule has 0 aliphatic carbocycles. The Bertz CT molecular complexity index is 726. The van der Waals surface area contributed by atoms with Crippen molar-refractivity contribution in [1.82, 2.24) is 4.98 Å². The quantitative estimate of drug-likeness (QED) is 0.928. The van der Waals surface area contributed by atoms with E-state index >= 15 is 0 Å². The molecule has 2 aromatic rings. The number of thioether (sulfide) groups is 1. The van der Waals surface area contributed by atoms with Crippen LogP contribution >= 0.6 is 11.8 Å². The van der Waals surface area contributed by atoms with Gasteiger partial charge >= 0.3 is 0 Å². The highest BCUT2D eigenvalue weighted by molar-refractivity contribution is 7.99. The number of hydrogen-bond acceptors (Lipinski definition) is 4. The van der Waals surface area contributed by atoms with E-state index in [-0.39, 0.29) is 5.91 Å². The first kappa shape index (κ1) is 15.5. The Hall–Kier alpha value is -2.01. The molecule has 4 nitrogen and oxygen atoms in total. The van der Waals surface area contributed by atoms with E-state index in [1.807, 2.05) is 47.0 Å². The predicted molar refractivity (Wildman–Crippen MR) is 100 cm³/mol. The molecule has 1 saturated heterocycles. The number of nitrogens with one attached hydrogen (secondary N) is 1. The largest absolute Gasteiger partial charge is 0.367 e. The Labute approximate surface area is 146 Å². The number of aromatic nitrogens is 1. The summed E-state index contributed by atoms with van der Waals surface area (Å²) in [6.07, 6.45) is 4.98. The normalized spacial score (nSPS) is 17.6. The van der Waals surface area contributed by atoms with Crippen LogP contribution in [0.15, 0.2) is 42.6 Å². The van der Waals surface area contributed by atoms with Crippen LogP contribution in [0.2, 0.25) is 0 Å². The zero-order valence-electron chi connectivity index (χ0n) is 13.6. The number of benzene rings is 1. The molecule has 1 fully saturated rings. The fraction of sp³-hybridized carbons (Fsp3) is 0.368. The molecule has 0 bridgehead atoms. The average Bonchev–Trinajstić information content (AvgIpc) is 3.07. The first-order chi connectivity index (χ1) is 11.8. The van der Waals surface area contributed by atoms with E-state index in [2.05, 4.69) is 16.4 Å². The predicted octanol–water partition coefficient (Wildman–Crippen LogP) is 3.59. The lowest BCUT2D eigenvalue weighted by molar-refractivity contribution is 0.0989. The van der Waals surface area contributed by atoms with Gasteiger partial charge in [0.2, 0.25) is 0 Å². The molecule has 0 spiro atoms. The van der Waals surface area contributed by atoms with E-state index in [1.165, 1.54) is 29.9 Å². The SMILES string of the molecule is O=C(c1ccc(NC2CCSCC2)nc1)N1CCc2ccccc21. The van der Waals surface area contributed by atoms with Crippen LogP contribution in [0.3, 0.4) is 0 Å². The molecule has 0 saturated carbocycles. The van der Waals surface area contributed by atoms with Crippen molar-refractivity contribution in [3.8, 4) is 0 Å². The van der Waals surface area contributed by atoms with Gasteiger partial charge in [0.25, 0.3) is 5.91 Å². The lowest BCUT2D eigenvalue weighted by Crippen LogP contribution is -2.29. The van der Waals surface area contributed by atoms with Crippen molar-refractivity contribution < 1.29 is 4.79 Å². The van der Waals surface area contributed by atoms with Crippen molar-refractivity contribution in [3.05, 3.63) is 53.7 Å². The first-order valence-corrected chi connectivity index (χ1v) is 9.67. The van der Waals surface area contributed by atoms with Gasteiger partial charge in [-0.15, -0.1) is 0 Å².